The van der Waals surface area contributed by atoms with Gasteiger partial charge in [-0.15, -0.1) is 0 Å². The third-order valence-electron chi connectivity index (χ3n) is 4.48. The molecule has 0 amide bonds. The van der Waals surface area contributed by atoms with E-state index in [4.69, 9.17) is 0 Å². The molecule has 0 spiro atoms. The van der Waals surface area contributed by atoms with Crippen molar-refractivity contribution in [3.8, 4) is 0 Å². The molecule has 1 nitrogen and oxygen atoms in total. The molecule has 1 aromatic carbocycles. The zero-order valence-electron chi connectivity index (χ0n) is 12.2. The Balaban J connectivity index is 1.98. The second kappa shape index (κ2) is 7.04. The molecule has 1 saturated carbocycles. The van der Waals surface area contributed by atoms with Crippen molar-refractivity contribution in [1.29, 1.82) is 0 Å². The van der Waals surface area contributed by atoms with Gasteiger partial charge >= 0.3 is 0 Å². The summed E-state index contributed by atoms with van der Waals surface area (Å²) < 4.78 is 13.3. The van der Waals surface area contributed by atoms with E-state index in [1.807, 2.05) is 6.07 Å². The van der Waals surface area contributed by atoms with Gasteiger partial charge in [-0.25, -0.2) is 4.39 Å². The van der Waals surface area contributed by atoms with Gasteiger partial charge in [-0.3, -0.25) is 0 Å². The Labute approximate surface area is 116 Å². The van der Waals surface area contributed by atoms with Crippen molar-refractivity contribution < 1.29 is 4.39 Å². The summed E-state index contributed by atoms with van der Waals surface area (Å²) in [6, 6.07) is 7.80. The fraction of sp³-hybridized carbons (Fsp3) is 0.647. The molecule has 1 aliphatic carbocycles. The molecule has 2 unspecified atom stereocenters. The third-order valence-corrected chi connectivity index (χ3v) is 4.48. The normalized spacial score (nSPS) is 20.2. The molecular formula is C17H26FN. The summed E-state index contributed by atoms with van der Waals surface area (Å²) in [5, 5.41) is 3.71. The second-order valence-electron chi connectivity index (χ2n) is 5.87. The summed E-state index contributed by atoms with van der Waals surface area (Å²) in [4.78, 5) is 0. The zero-order chi connectivity index (χ0) is 13.7. The number of rotatable bonds is 5. The van der Waals surface area contributed by atoms with E-state index in [0.717, 1.165) is 17.9 Å². The minimum Gasteiger partial charge on any atom is -0.307 e. The lowest BCUT2D eigenvalue weighted by Crippen LogP contribution is -2.37. The lowest BCUT2D eigenvalue weighted by molar-refractivity contribution is 0.262. The summed E-state index contributed by atoms with van der Waals surface area (Å²) in [5.74, 6) is 0.652. The van der Waals surface area contributed by atoms with E-state index < -0.39 is 0 Å². The topological polar surface area (TPSA) is 12.0 Å². The Kier molecular flexibility index (Phi) is 5.38. The highest BCUT2D eigenvalue weighted by Gasteiger charge is 2.22. The van der Waals surface area contributed by atoms with Gasteiger partial charge in [0.15, 0.2) is 0 Å². The minimum atomic E-state index is -0.136. The van der Waals surface area contributed by atoms with Gasteiger partial charge in [0.1, 0.15) is 5.82 Å². The SMILES string of the molecule is CCC(NC(C)C1CCCCC1)c1cccc(F)c1. The van der Waals surface area contributed by atoms with E-state index >= 15 is 0 Å². The van der Waals surface area contributed by atoms with Crippen molar-refractivity contribution >= 4 is 0 Å². The second-order valence-corrected chi connectivity index (χ2v) is 5.87. The molecule has 1 N–H and O–H groups in total. The van der Waals surface area contributed by atoms with E-state index in [-0.39, 0.29) is 11.9 Å². The van der Waals surface area contributed by atoms with E-state index in [0.29, 0.717) is 6.04 Å². The average molecular weight is 263 g/mol. The maximum Gasteiger partial charge on any atom is 0.123 e. The number of halogens is 1. The maximum atomic E-state index is 13.3. The monoisotopic (exact) mass is 263 g/mol. The Hall–Kier alpha value is -0.890. The van der Waals surface area contributed by atoms with Crippen molar-refractivity contribution in [1.82, 2.24) is 5.32 Å². The van der Waals surface area contributed by atoms with Crippen LogP contribution < -0.4 is 5.32 Å². The van der Waals surface area contributed by atoms with E-state index in [2.05, 4.69) is 19.2 Å². The highest BCUT2D eigenvalue weighted by Crippen LogP contribution is 2.28. The van der Waals surface area contributed by atoms with Crippen molar-refractivity contribution in [2.45, 2.75) is 64.5 Å². The summed E-state index contributed by atoms with van der Waals surface area (Å²) in [6.07, 6.45) is 7.81. The summed E-state index contributed by atoms with van der Waals surface area (Å²) in [5.41, 5.74) is 1.07. The van der Waals surface area contributed by atoms with Gasteiger partial charge in [0.25, 0.3) is 0 Å². The molecule has 0 radical (unpaired) electrons. The number of hydrogen-bond donors (Lipinski definition) is 1. The summed E-state index contributed by atoms with van der Waals surface area (Å²) in [6.45, 7) is 4.45. The first-order valence-electron chi connectivity index (χ1n) is 7.72. The predicted octanol–water partition coefficient (Wildman–Crippen LogP) is 4.84. The standard InChI is InChI=1S/C17H26FN/c1-3-17(15-10-7-11-16(18)12-15)19-13(2)14-8-5-4-6-9-14/h7,10-14,17,19H,3-6,8-9H2,1-2H3. The molecule has 0 saturated heterocycles. The van der Waals surface area contributed by atoms with Crippen LogP contribution in [-0.2, 0) is 0 Å². The molecule has 0 bridgehead atoms. The molecule has 0 aromatic heterocycles. The molecular weight excluding hydrogens is 237 g/mol. The fourth-order valence-corrected chi connectivity index (χ4v) is 3.26. The molecule has 106 valence electrons. The minimum absolute atomic E-state index is 0.136. The van der Waals surface area contributed by atoms with Crippen LogP contribution in [0.25, 0.3) is 0 Å². The van der Waals surface area contributed by atoms with Crippen molar-refractivity contribution in [3.05, 3.63) is 35.6 Å². The lowest BCUT2D eigenvalue weighted by Gasteiger charge is -2.31. The molecule has 2 rings (SSSR count). The summed E-state index contributed by atoms with van der Waals surface area (Å²) in [7, 11) is 0. The molecule has 2 heteroatoms. The Morgan fingerprint density at radius 1 is 1.26 bits per heavy atom. The number of nitrogens with one attached hydrogen (secondary N) is 1. The first kappa shape index (κ1) is 14.5. The molecule has 0 aliphatic heterocycles. The molecule has 1 fully saturated rings. The lowest BCUT2D eigenvalue weighted by atomic mass is 9.84. The predicted molar refractivity (Wildman–Crippen MR) is 78.6 cm³/mol. The fourth-order valence-electron chi connectivity index (χ4n) is 3.26. The van der Waals surface area contributed by atoms with Crippen molar-refractivity contribution in [3.63, 3.8) is 0 Å². The Bertz CT molecular complexity index is 385. The van der Waals surface area contributed by atoms with Crippen molar-refractivity contribution in [2.75, 3.05) is 0 Å². The van der Waals surface area contributed by atoms with Gasteiger partial charge in [0.2, 0.25) is 0 Å². The number of benzene rings is 1. The number of hydrogen-bond acceptors (Lipinski definition) is 1. The van der Waals surface area contributed by atoms with Crippen LogP contribution in [-0.4, -0.2) is 6.04 Å². The van der Waals surface area contributed by atoms with Crippen LogP contribution in [0.3, 0.4) is 0 Å². The van der Waals surface area contributed by atoms with Crippen LogP contribution in [0.2, 0.25) is 0 Å². The van der Waals surface area contributed by atoms with Crippen LogP contribution in [0.15, 0.2) is 24.3 Å². The van der Waals surface area contributed by atoms with E-state index in [9.17, 15) is 4.39 Å². The van der Waals surface area contributed by atoms with Crippen LogP contribution in [0.5, 0.6) is 0 Å². The first-order chi connectivity index (χ1) is 9.20. The quantitative estimate of drug-likeness (QED) is 0.802. The van der Waals surface area contributed by atoms with Gasteiger partial charge in [0, 0.05) is 12.1 Å². The molecule has 0 heterocycles. The molecule has 1 aromatic rings. The van der Waals surface area contributed by atoms with Gasteiger partial charge in [-0.05, 0) is 49.8 Å². The smallest absolute Gasteiger partial charge is 0.123 e. The van der Waals surface area contributed by atoms with Crippen LogP contribution in [0.1, 0.15) is 64.0 Å². The molecule has 19 heavy (non-hydrogen) atoms. The largest absolute Gasteiger partial charge is 0.307 e. The van der Waals surface area contributed by atoms with Crippen LogP contribution in [0, 0.1) is 11.7 Å². The zero-order valence-corrected chi connectivity index (χ0v) is 12.2. The Morgan fingerprint density at radius 3 is 2.63 bits per heavy atom. The van der Waals surface area contributed by atoms with Crippen LogP contribution >= 0.6 is 0 Å². The van der Waals surface area contributed by atoms with E-state index in [1.165, 1.54) is 38.2 Å². The highest BCUT2D eigenvalue weighted by atomic mass is 19.1. The highest BCUT2D eigenvalue weighted by molar-refractivity contribution is 5.20. The van der Waals surface area contributed by atoms with Gasteiger partial charge in [-0.2, -0.15) is 0 Å². The maximum absolute atomic E-state index is 13.3. The Morgan fingerprint density at radius 2 is 2.00 bits per heavy atom. The van der Waals surface area contributed by atoms with Gasteiger partial charge in [-0.1, -0.05) is 38.3 Å². The van der Waals surface area contributed by atoms with Gasteiger partial charge in [0.05, 0.1) is 0 Å². The van der Waals surface area contributed by atoms with E-state index in [1.54, 1.807) is 12.1 Å². The van der Waals surface area contributed by atoms with Crippen molar-refractivity contribution in [2.24, 2.45) is 5.92 Å². The first-order valence-corrected chi connectivity index (χ1v) is 7.72. The van der Waals surface area contributed by atoms with Crippen LogP contribution in [0.4, 0.5) is 4.39 Å². The molecule has 2 atom stereocenters. The van der Waals surface area contributed by atoms with Gasteiger partial charge < -0.3 is 5.32 Å². The third kappa shape index (κ3) is 4.04. The summed E-state index contributed by atoms with van der Waals surface area (Å²) >= 11 is 0. The molecule has 1 aliphatic rings. The average Bonchev–Trinajstić information content (AvgIpc) is 2.45.